The summed E-state index contributed by atoms with van der Waals surface area (Å²) in [6, 6.07) is 6.28. The van der Waals surface area contributed by atoms with Gasteiger partial charge in [0, 0.05) is 24.0 Å². The molecule has 2 rings (SSSR count). The maximum Gasteiger partial charge on any atom is 0.125 e. The van der Waals surface area contributed by atoms with Gasteiger partial charge in [0.2, 0.25) is 0 Å². The molecule has 1 aliphatic heterocycles. The molecular formula is C15H21BrO2. The van der Waals surface area contributed by atoms with E-state index < -0.39 is 0 Å². The second-order valence-corrected chi connectivity index (χ2v) is 5.82. The summed E-state index contributed by atoms with van der Waals surface area (Å²) in [5.41, 5.74) is 2.66. The standard InChI is InChI=1S/C15H21BrO2/c1-12-4-3-5-13(2)14(12)18-11-15(10-16)6-8-17-9-7-15/h3-5H,6-11H2,1-2H3. The fourth-order valence-electron chi connectivity index (χ4n) is 2.37. The summed E-state index contributed by atoms with van der Waals surface area (Å²) in [5, 5.41) is 0.980. The van der Waals surface area contributed by atoms with E-state index in [0.29, 0.717) is 0 Å². The number of ether oxygens (including phenoxy) is 2. The van der Waals surface area contributed by atoms with Gasteiger partial charge in [-0.3, -0.25) is 0 Å². The zero-order valence-electron chi connectivity index (χ0n) is 11.2. The van der Waals surface area contributed by atoms with Gasteiger partial charge in [-0.25, -0.2) is 0 Å². The van der Waals surface area contributed by atoms with E-state index >= 15 is 0 Å². The Morgan fingerprint density at radius 2 is 1.83 bits per heavy atom. The summed E-state index contributed by atoms with van der Waals surface area (Å²) < 4.78 is 11.6. The highest BCUT2D eigenvalue weighted by atomic mass is 79.9. The third-order valence-electron chi connectivity index (χ3n) is 3.77. The minimum Gasteiger partial charge on any atom is -0.492 e. The fraction of sp³-hybridized carbons (Fsp3) is 0.600. The molecule has 3 heteroatoms. The Labute approximate surface area is 118 Å². The molecule has 0 atom stereocenters. The van der Waals surface area contributed by atoms with Gasteiger partial charge in [0.05, 0.1) is 6.61 Å². The van der Waals surface area contributed by atoms with Gasteiger partial charge in [-0.2, -0.15) is 0 Å². The average Bonchev–Trinajstić information content (AvgIpc) is 2.39. The fourth-order valence-corrected chi connectivity index (χ4v) is 3.10. The molecule has 1 fully saturated rings. The van der Waals surface area contributed by atoms with Gasteiger partial charge in [0.1, 0.15) is 5.75 Å². The minimum absolute atomic E-state index is 0.229. The largest absolute Gasteiger partial charge is 0.492 e. The molecule has 0 N–H and O–H groups in total. The molecule has 0 aromatic heterocycles. The first-order chi connectivity index (χ1) is 8.67. The van der Waals surface area contributed by atoms with Crippen molar-refractivity contribution in [2.24, 2.45) is 5.41 Å². The zero-order chi connectivity index (χ0) is 13.0. The highest BCUT2D eigenvalue weighted by Gasteiger charge is 2.32. The van der Waals surface area contributed by atoms with Crippen molar-refractivity contribution in [3.63, 3.8) is 0 Å². The SMILES string of the molecule is Cc1cccc(C)c1OCC1(CBr)CCOCC1. The lowest BCUT2D eigenvalue weighted by Crippen LogP contribution is -2.36. The summed E-state index contributed by atoms with van der Waals surface area (Å²) in [6.45, 7) is 6.68. The molecule has 1 aliphatic rings. The molecule has 100 valence electrons. The lowest BCUT2D eigenvalue weighted by atomic mass is 9.83. The van der Waals surface area contributed by atoms with Crippen molar-refractivity contribution >= 4 is 15.9 Å². The molecule has 1 heterocycles. The van der Waals surface area contributed by atoms with E-state index in [9.17, 15) is 0 Å². The molecule has 2 nitrogen and oxygen atoms in total. The van der Waals surface area contributed by atoms with Crippen LogP contribution in [0.15, 0.2) is 18.2 Å². The van der Waals surface area contributed by atoms with Gasteiger partial charge >= 0.3 is 0 Å². The predicted molar refractivity (Wildman–Crippen MR) is 77.7 cm³/mol. The van der Waals surface area contributed by atoms with Gasteiger partial charge in [-0.15, -0.1) is 0 Å². The Bertz CT molecular complexity index is 377. The van der Waals surface area contributed by atoms with Crippen LogP contribution >= 0.6 is 15.9 Å². The summed E-state index contributed by atoms with van der Waals surface area (Å²) in [4.78, 5) is 0. The van der Waals surface area contributed by atoms with Crippen molar-refractivity contribution in [2.45, 2.75) is 26.7 Å². The van der Waals surface area contributed by atoms with Crippen molar-refractivity contribution in [2.75, 3.05) is 25.2 Å². The lowest BCUT2D eigenvalue weighted by molar-refractivity contribution is 0.00332. The van der Waals surface area contributed by atoms with Crippen molar-refractivity contribution in [1.82, 2.24) is 0 Å². The number of hydrogen-bond donors (Lipinski definition) is 0. The van der Waals surface area contributed by atoms with Gasteiger partial charge in [-0.1, -0.05) is 34.1 Å². The molecule has 0 aliphatic carbocycles. The van der Waals surface area contributed by atoms with E-state index in [2.05, 4.69) is 48.0 Å². The second kappa shape index (κ2) is 6.07. The molecule has 0 bridgehead atoms. The van der Waals surface area contributed by atoms with Crippen LogP contribution in [-0.2, 0) is 4.74 Å². The van der Waals surface area contributed by atoms with E-state index in [1.165, 1.54) is 11.1 Å². The molecule has 0 radical (unpaired) electrons. The van der Waals surface area contributed by atoms with Gasteiger partial charge < -0.3 is 9.47 Å². The van der Waals surface area contributed by atoms with E-state index in [-0.39, 0.29) is 5.41 Å². The molecular weight excluding hydrogens is 292 g/mol. The van der Waals surface area contributed by atoms with Crippen molar-refractivity contribution in [1.29, 1.82) is 0 Å². The summed E-state index contributed by atoms with van der Waals surface area (Å²) in [5.74, 6) is 1.05. The van der Waals surface area contributed by atoms with Crippen molar-refractivity contribution in [3.05, 3.63) is 29.3 Å². The third-order valence-corrected chi connectivity index (χ3v) is 4.96. The third kappa shape index (κ3) is 3.07. The average molecular weight is 313 g/mol. The van der Waals surface area contributed by atoms with E-state index in [1.54, 1.807) is 0 Å². The van der Waals surface area contributed by atoms with Gasteiger partial charge in [0.25, 0.3) is 0 Å². The first-order valence-electron chi connectivity index (χ1n) is 6.50. The highest BCUT2D eigenvalue weighted by Crippen LogP contribution is 2.34. The van der Waals surface area contributed by atoms with Crippen molar-refractivity contribution in [3.8, 4) is 5.75 Å². The highest BCUT2D eigenvalue weighted by molar-refractivity contribution is 9.09. The number of hydrogen-bond acceptors (Lipinski definition) is 2. The maximum absolute atomic E-state index is 6.12. The Morgan fingerprint density at radius 3 is 2.39 bits per heavy atom. The molecule has 0 saturated carbocycles. The number of benzene rings is 1. The number of aryl methyl sites for hydroxylation is 2. The van der Waals surface area contributed by atoms with Crippen LogP contribution in [0.4, 0.5) is 0 Å². The van der Waals surface area contributed by atoms with Crippen molar-refractivity contribution < 1.29 is 9.47 Å². The minimum atomic E-state index is 0.229. The van der Waals surface area contributed by atoms with Crippen LogP contribution in [0.5, 0.6) is 5.75 Å². The molecule has 1 aromatic carbocycles. The molecule has 0 amide bonds. The first-order valence-corrected chi connectivity index (χ1v) is 7.62. The summed E-state index contributed by atoms with van der Waals surface area (Å²) in [7, 11) is 0. The van der Waals surface area contributed by atoms with Crippen LogP contribution in [-0.4, -0.2) is 25.2 Å². The van der Waals surface area contributed by atoms with Gasteiger partial charge in [-0.05, 0) is 37.8 Å². The monoisotopic (exact) mass is 312 g/mol. The quantitative estimate of drug-likeness (QED) is 0.786. The number of halogens is 1. The van der Waals surface area contributed by atoms with Gasteiger partial charge in [0.15, 0.2) is 0 Å². The Hall–Kier alpha value is -0.540. The Morgan fingerprint density at radius 1 is 1.22 bits per heavy atom. The van der Waals surface area contributed by atoms with Crippen LogP contribution in [0, 0.1) is 19.3 Å². The van der Waals surface area contributed by atoms with Crippen LogP contribution < -0.4 is 4.74 Å². The smallest absolute Gasteiger partial charge is 0.125 e. The second-order valence-electron chi connectivity index (χ2n) is 5.26. The molecule has 1 aromatic rings. The topological polar surface area (TPSA) is 18.5 Å². The van der Waals surface area contributed by atoms with E-state index in [0.717, 1.165) is 43.7 Å². The van der Waals surface area contributed by atoms with E-state index in [1.807, 2.05) is 0 Å². The molecule has 1 saturated heterocycles. The van der Waals surface area contributed by atoms with Crippen LogP contribution in [0.1, 0.15) is 24.0 Å². The van der Waals surface area contributed by atoms with Crippen LogP contribution in [0.2, 0.25) is 0 Å². The van der Waals surface area contributed by atoms with Crippen LogP contribution in [0.25, 0.3) is 0 Å². The van der Waals surface area contributed by atoms with E-state index in [4.69, 9.17) is 9.47 Å². The molecule has 18 heavy (non-hydrogen) atoms. The Kier molecular flexibility index (Phi) is 4.68. The summed E-state index contributed by atoms with van der Waals surface area (Å²) in [6.07, 6.45) is 2.15. The lowest BCUT2D eigenvalue weighted by Gasteiger charge is -2.35. The molecule has 0 unspecified atom stereocenters. The zero-order valence-corrected chi connectivity index (χ0v) is 12.8. The Balaban J connectivity index is 2.05. The normalized spacial score (nSPS) is 18.6. The number of para-hydroxylation sites is 1. The summed E-state index contributed by atoms with van der Waals surface area (Å²) >= 11 is 3.64. The maximum atomic E-state index is 6.12. The first kappa shape index (κ1) is 13.9. The number of rotatable bonds is 4. The number of alkyl halides is 1. The predicted octanol–water partition coefficient (Wildman–Crippen LogP) is 3.87. The van der Waals surface area contributed by atoms with Crippen LogP contribution in [0.3, 0.4) is 0 Å². The molecule has 0 spiro atoms.